The van der Waals surface area contributed by atoms with Gasteiger partial charge in [0, 0.05) is 24.9 Å². The van der Waals surface area contributed by atoms with E-state index < -0.39 is 5.54 Å². The van der Waals surface area contributed by atoms with E-state index in [0.717, 1.165) is 0 Å². The first-order chi connectivity index (χ1) is 5.79. The average Bonchev–Trinajstić information content (AvgIpc) is 2.45. The molecule has 2 unspecified atom stereocenters. The second kappa shape index (κ2) is 2.35. The molecule has 2 aliphatic rings. The van der Waals surface area contributed by atoms with Gasteiger partial charge in [-0.2, -0.15) is 0 Å². The molecule has 2 atom stereocenters. The molecule has 0 aliphatic carbocycles. The Morgan fingerprint density at radius 3 is 3.17 bits per heavy atom. The predicted octanol–water partition coefficient (Wildman–Crippen LogP) is -0.448. The highest BCUT2D eigenvalue weighted by Crippen LogP contribution is 2.29. The fourth-order valence-electron chi connectivity index (χ4n) is 1.50. The lowest BCUT2D eigenvalue weighted by atomic mass is 9.85. The highest BCUT2D eigenvalue weighted by molar-refractivity contribution is 6.04. The lowest BCUT2D eigenvalue weighted by molar-refractivity contribution is -0.122. The second-order valence-electron chi connectivity index (χ2n) is 2.90. The first-order valence-corrected chi connectivity index (χ1v) is 3.80. The van der Waals surface area contributed by atoms with Crippen LogP contribution in [0.2, 0.25) is 0 Å². The molecule has 4 heteroatoms. The first kappa shape index (κ1) is 7.36. The van der Waals surface area contributed by atoms with Crippen molar-refractivity contribution in [3.63, 3.8) is 0 Å². The molecule has 2 aliphatic heterocycles. The minimum atomic E-state index is -0.811. The van der Waals surface area contributed by atoms with Crippen LogP contribution < -0.4 is 5.73 Å². The zero-order valence-electron chi connectivity index (χ0n) is 6.47. The molecule has 0 fully saturated rings. The number of dihydropyridines is 1. The van der Waals surface area contributed by atoms with E-state index in [1.165, 1.54) is 0 Å². The van der Waals surface area contributed by atoms with Crippen LogP contribution in [0.5, 0.6) is 0 Å². The van der Waals surface area contributed by atoms with Crippen molar-refractivity contribution in [3.8, 4) is 0 Å². The number of hydrogen-bond donors (Lipinski definition) is 1. The van der Waals surface area contributed by atoms with E-state index in [4.69, 9.17) is 5.73 Å². The Kier molecular flexibility index (Phi) is 1.44. The summed E-state index contributed by atoms with van der Waals surface area (Å²) in [5, 5.41) is 0. The van der Waals surface area contributed by atoms with Crippen LogP contribution in [-0.4, -0.2) is 30.4 Å². The number of nitrogens with two attached hydrogens (primary N) is 1. The number of allylic oxidation sites excluding steroid dienone is 1. The van der Waals surface area contributed by atoms with Crippen molar-refractivity contribution in [2.24, 2.45) is 21.6 Å². The Morgan fingerprint density at radius 2 is 2.50 bits per heavy atom. The normalized spacial score (nSPS) is 37.4. The van der Waals surface area contributed by atoms with Gasteiger partial charge in [-0.1, -0.05) is 6.08 Å². The number of amides is 1. The molecule has 0 bridgehead atoms. The molecule has 0 radical (unpaired) electrons. The summed E-state index contributed by atoms with van der Waals surface area (Å²) in [6.07, 6.45) is 6.93. The van der Waals surface area contributed by atoms with Gasteiger partial charge in [0.25, 0.3) is 5.91 Å². The van der Waals surface area contributed by atoms with Crippen molar-refractivity contribution in [1.29, 1.82) is 0 Å². The van der Waals surface area contributed by atoms with Crippen molar-refractivity contribution >= 4 is 18.3 Å². The topological polar surface area (TPSA) is 67.8 Å². The van der Waals surface area contributed by atoms with E-state index in [1.54, 1.807) is 12.4 Å². The Bertz CT molecular complexity index is 303. The van der Waals surface area contributed by atoms with Gasteiger partial charge in [0.15, 0.2) is 5.54 Å². The Labute approximate surface area is 69.9 Å². The molecule has 0 aromatic rings. The van der Waals surface area contributed by atoms with Gasteiger partial charge in [-0.15, -0.1) is 0 Å². The van der Waals surface area contributed by atoms with Gasteiger partial charge in [0.1, 0.15) is 0 Å². The monoisotopic (exact) mass is 163 g/mol. The van der Waals surface area contributed by atoms with Crippen LogP contribution in [0.1, 0.15) is 0 Å². The van der Waals surface area contributed by atoms with E-state index in [9.17, 15) is 4.79 Å². The van der Waals surface area contributed by atoms with E-state index in [-0.39, 0.29) is 18.4 Å². The molecular weight excluding hydrogens is 154 g/mol. The van der Waals surface area contributed by atoms with Crippen molar-refractivity contribution in [2.45, 2.75) is 5.54 Å². The van der Waals surface area contributed by atoms with Gasteiger partial charge in [-0.25, -0.2) is 4.99 Å². The molecule has 1 amide bonds. The van der Waals surface area contributed by atoms with Crippen LogP contribution in [0.4, 0.5) is 0 Å². The van der Waals surface area contributed by atoms with Crippen molar-refractivity contribution in [3.05, 3.63) is 12.2 Å². The Hall–Kier alpha value is -1.29. The van der Waals surface area contributed by atoms with Gasteiger partial charge < -0.3 is 5.73 Å². The zero-order chi connectivity index (χ0) is 8.60. The summed E-state index contributed by atoms with van der Waals surface area (Å²) < 4.78 is 0. The predicted molar refractivity (Wildman–Crippen MR) is 46.4 cm³/mol. The maximum absolute atomic E-state index is 11.3. The quantitative estimate of drug-likeness (QED) is 0.569. The fourth-order valence-corrected chi connectivity index (χ4v) is 1.50. The minimum absolute atomic E-state index is 0.0417. The summed E-state index contributed by atoms with van der Waals surface area (Å²) in [4.78, 5) is 19.2. The average molecular weight is 163 g/mol. The van der Waals surface area contributed by atoms with Gasteiger partial charge in [0.2, 0.25) is 0 Å². The van der Waals surface area contributed by atoms with E-state index >= 15 is 0 Å². The van der Waals surface area contributed by atoms with Crippen LogP contribution in [0.3, 0.4) is 0 Å². The standard InChI is InChI=1S/C8H9N3O/c9-5-8-6(2-1-3-11-8)4-10-7(8)12/h1-4,6H,5,9H2. The molecule has 2 rings (SSSR count). The van der Waals surface area contributed by atoms with Crippen LogP contribution in [-0.2, 0) is 4.79 Å². The summed E-state index contributed by atoms with van der Waals surface area (Å²) in [5.41, 5.74) is 4.71. The highest BCUT2D eigenvalue weighted by atomic mass is 16.2. The van der Waals surface area contributed by atoms with Gasteiger partial charge in [0.05, 0.1) is 0 Å². The molecule has 2 N–H and O–H groups in total. The van der Waals surface area contributed by atoms with Gasteiger partial charge in [-0.05, 0) is 6.08 Å². The van der Waals surface area contributed by atoms with Crippen LogP contribution in [0.15, 0.2) is 22.1 Å². The molecule has 0 aromatic carbocycles. The zero-order valence-corrected chi connectivity index (χ0v) is 6.47. The third-order valence-electron chi connectivity index (χ3n) is 2.29. The largest absolute Gasteiger partial charge is 0.328 e. The van der Waals surface area contributed by atoms with Crippen molar-refractivity contribution < 1.29 is 4.79 Å². The summed E-state index contributed by atoms with van der Waals surface area (Å²) in [7, 11) is 0. The SMILES string of the molecule is NCC12N=CC=CC1C=NC2=O. The number of rotatable bonds is 1. The molecular formula is C8H9N3O. The number of carbonyl (C=O) groups excluding carboxylic acids is 1. The van der Waals surface area contributed by atoms with Crippen molar-refractivity contribution in [1.82, 2.24) is 0 Å². The van der Waals surface area contributed by atoms with Crippen LogP contribution in [0, 0.1) is 5.92 Å². The second-order valence-corrected chi connectivity index (χ2v) is 2.90. The maximum atomic E-state index is 11.3. The molecule has 2 heterocycles. The molecule has 4 nitrogen and oxygen atoms in total. The van der Waals surface area contributed by atoms with E-state index in [1.807, 2.05) is 12.2 Å². The van der Waals surface area contributed by atoms with E-state index in [2.05, 4.69) is 9.98 Å². The Morgan fingerprint density at radius 1 is 1.67 bits per heavy atom. The number of aliphatic imine (C=N–C) groups is 2. The minimum Gasteiger partial charge on any atom is -0.328 e. The lowest BCUT2D eigenvalue weighted by Crippen LogP contribution is -2.47. The van der Waals surface area contributed by atoms with E-state index in [0.29, 0.717) is 0 Å². The smallest absolute Gasteiger partial charge is 0.275 e. The number of carbonyl (C=O) groups is 1. The molecule has 0 saturated carbocycles. The van der Waals surface area contributed by atoms with Crippen LogP contribution in [0.25, 0.3) is 0 Å². The summed E-state index contributed by atoms with van der Waals surface area (Å²) in [6, 6.07) is 0. The molecule has 12 heavy (non-hydrogen) atoms. The third kappa shape index (κ3) is 0.726. The fraction of sp³-hybridized carbons (Fsp3) is 0.375. The number of nitrogens with zero attached hydrogens (tertiary/aromatic N) is 2. The van der Waals surface area contributed by atoms with Gasteiger partial charge >= 0.3 is 0 Å². The lowest BCUT2D eigenvalue weighted by Gasteiger charge is -2.26. The molecule has 0 saturated heterocycles. The molecule has 0 aromatic heterocycles. The molecule has 62 valence electrons. The van der Waals surface area contributed by atoms with Gasteiger partial charge in [-0.3, -0.25) is 9.79 Å². The highest BCUT2D eigenvalue weighted by Gasteiger charge is 2.46. The van der Waals surface area contributed by atoms with Crippen LogP contribution >= 0.6 is 0 Å². The summed E-state index contributed by atoms with van der Waals surface area (Å²) in [5.74, 6) is -0.268. The number of fused-ring (bicyclic) bond motifs is 1. The number of hydrogen-bond acceptors (Lipinski definition) is 3. The first-order valence-electron chi connectivity index (χ1n) is 3.80. The molecule has 0 spiro atoms. The Balaban J connectivity index is 2.45. The van der Waals surface area contributed by atoms with Crippen molar-refractivity contribution in [2.75, 3.05) is 6.54 Å². The summed E-state index contributed by atoms with van der Waals surface area (Å²) in [6.45, 7) is 0.220. The third-order valence-corrected chi connectivity index (χ3v) is 2.29. The summed E-state index contributed by atoms with van der Waals surface area (Å²) >= 11 is 0. The maximum Gasteiger partial charge on any atom is 0.275 e.